The first-order valence-electron chi connectivity index (χ1n) is 5.08. The van der Waals surface area contributed by atoms with Gasteiger partial charge in [0.2, 0.25) is 0 Å². The molecule has 0 amide bonds. The predicted octanol–water partition coefficient (Wildman–Crippen LogP) is 1.83. The number of aromatic nitrogens is 2. The minimum Gasteiger partial charge on any atom is -0.478 e. The van der Waals surface area contributed by atoms with E-state index in [2.05, 4.69) is 5.10 Å². The Hall–Kier alpha value is -2.50. The van der Waals surface area contributed by atoms with Crippen molar-refractivity contribution in [1.29, 1.82) is 0 Å². The monoisotopic (exact) mass is 248 g/mol. The molecule has 0 bridgehead atoms. The highest BCUT2D eigenvalue weighted by atomic mass is 19.1. The summed E-state index contributed by atoms with van der Waals surface area (Å²) in [5, 5.41) is 12.9. The van der Waals surface area contributed by atoms with Crippen LogP contribution in [0.5, 0.6) is 0 Å². The molecule has 1 N–H and O–H groups in total. The summed E-state index contributed by atoms with van der Waals surface area (Å²) in [4.78, 5) is 21.7. The number of hydrogen-bond donors (Lipinski definition) is 1. The zero-order chi connectivity index (χ0) is 13.3. The number of halogens is 1. The number of aldehydes is 1. The fraction of sp³-hybridized carbons (Fsp3) is 0.0833. The van der Waals surface area contributed by atoms with E-state index in [0.29, 0.717) is 12.0 Å². The van der Waals surface area contributed by atoms with Crippen LogP contribution in [-0.2, 0) is 0 Å². The first-order chi connectivity index (χ1) is 8.54. The lowest BCUT2D eigenvalue weighted by molar-refractivity contribution is 0.0691. The Bertz CT molecular complexity index is 634. The lowest BCUT2D eigenvalue weighted by atomic mass is 10.1. The molecular formula is C12H9FN2O3. The van der Waals surface area contributed by atoms with E-state index in [9.17, 15) is 14.0 Å². The molecule has 0 aliphatic carbocycles. The van der Waals surface area contributed by atoms with E-state index in [1.807, 2.05) is 0 Å². The summed E-state index contributed by atoms with van der Waals surface area (Å²) in [6.07, 6.45) is 0.545. The molecule has 92 valence electrons. The van der Waals surface area contributed by atoms with Crippen LogP contribution in [0.4, 0.5) is 4.39 Å². The first kappa shape index (κ1) is 12.0. The highest BCUT2D eigenvalue weighted by Crippen LogP contribution is 2.19. The average Bonchev–Trinajstić information content (AvgIpc) is 2.69. The second-order valence-electron chi connectivity index (χ2n) is 3.68. The third-order valence-electron chi connectivity index (χ3n) is 2.46. The summed E-state index contributed by atoms with van der Waals surface area (Å²) < 4.78 is 14.7. The zero-order valence-electron chi connectivity index (χ0n) is 9.42. The molecule has 0 fully saturated rings. The minimum atomic E-state index is -1.38. The fourth-order valence-corrected chi connectivity index (χ4v) is 1.70. The molecule has 0 spiro atoms. The molecule has 0 saturated heterocycles. The van der Waals surface area contributed by atoms with Crippen LogP contribution in [0.1, 0.15) is 26.5 Å². The molecule has 1 aromatic carbocycles. The summed E-state index contributed by atoms with van der Waals surface area (Å²) in [5.41, 5.74) is 0.326. The van der Waals surface area contributed by atoms with E-state index in [1.54, 1.807) is 6.92 Å². The number of benzene rings is 1. The highest BCUT2D eigenvalue weighted by Gasteiger charge is 2.18. The van der Waals surface area contributed by atoms with Crippen molar-refractivity contribution in [2.45, 2.75) is 6.92 Å². The minimum absolute atomic E-state index is 0.0908. The van der Waals surface area contributed by atoms with E-state index < -0.39 is 17.3 Å². The first-order valence-corrected chi connectivity index (χ1v) is 5.08. The van der Waals surface area contributed by atoms with Crippen molar-refractivity contribution in [3.63, 3.8) is 0 Å². The van der Waals surface area contributed by atoms with Crippen LogP contribution in [0, 0.1) is 12.7 Å². The molecule has 0 atom stereocenters. The number of hydrogen-bond acceptors (Lipinski definition) is 3. The number of carboxylic acids is 1. The molecule has 1 heterocycles. The van der Waals surface area contributed by atoms with E-state index >= 15 is 0 Å². The predicted molar refractivity (Wildman–Crippen MR) is 60.6 cm³/mol. The second-order valence-corrected chi connectivity index (χ2v) is 3.68. The number of carbonyl (C=O) groups excluding carboxylic acids is 1. The molecule has 0 aliphatic rings. The summed E-state index contributed by atoms with van der Waals surface area (Å²) in [6, 6.07) is 5.37. The number of aromatic carboxylic acids is 1. The topological polar surface area (TPSA) is 72.2 Å². The zero-order valence-corrected chi connectivity index (χ0v) is 9.42. The van der Waals surface area contributed by atoms with E-state index in [1.165, 1.54) is 22.9 Å². The number of aryl methyl sites for hydroxylation is 1. The van der Waals surface area contributed by atoms with Crippen molar-refractivity contribution in [1.82, 2.24) is 9.78 Å². The summed E-state index contributed by atoms with van der Waals surface area (Å²) in [7, 11) is 0. The Morgan fingerprint density at radius 3 is 2.78 bits per heavy atom. The fourth-order valence-electron chi connectivity index (χ4n) is 1.70. The van der Waals surface area contributed by atoms with Crippen LogP contribution < -0.4 is 0 Å². The number of rotatable bonds is 3. The van der Waals surface area contributed by atoms with Crippen molar-refractivity contribution in [3.8, 4) is 5.69 Å². The molecule has 0 aliphatic heterocycles. The molecular weight excluding hydrogens is 239 g/mol. The maximum Gasteiger partial charge on any atom is 0.340 e. The van der Waals surface area contributed by atoms with Gasteiger partial charge in [-0.3, -0.25) is 4.79 Å². The largest absolute Gasteiger partial charge is 0.478 e. The molecule has 0 radical (unpaired) electrons. The molecule has 2 rings (SSSR count). The molecule has 2 aromatic rings. The summed E-state index contributed by atoms with van der Waals surface area (Å²) in [6.45, 7) is 1.65. The van der Waals surface area contributed by atoms with Crippen LogP contribution in [-0.4, -0.2) is 27.1 Å². The van der Waals surface area contributed by atoms with Gasteiger partial charge in [0.05, 0.1) is 5.69 Å². The number of carboxylic acid groups (broad SMARTS) is 1. The van der Waals surface area contributed by atoms with Crippen LogP contribution in [0.3, 0.4) is 0 Å². The third-order valence-corrected chi connectivity index (χ3v) is 2.46. The van der Waals surface area contributed by atoms with E-state index in [4.69, 9.17) is 5.11 Å². The normalized spacial score (nSPS) is 10.3. The van der Waals surface area contributed by atoms with Gasteiger partial charge in [0.25, 0.3) is 0 Å². The molecule has 5 nitrogen and oxygen atoms in total. The van der Waals surface area contributed by atoms with Crippen molar-refractivity contribution in [2.75, 3.05) is 0 Å². The third kappa shape index (κ3) is 1.88. The van der Waals surface area contributed by atoms with Crippen molar-refractivity contribution in [2.24, 2.45) is 0 Å². The van der Waals surface area contributed by atoms with Crippen molar-refractivity contribution in [3.05, 3.63) is 47.0 Å². The van der Waals surface area contributed by atoms with Gasteiger partial charge < -0.3 is 5.11 Å². The van der Waals surface area contributed by atoms with Gasteiger partial charge in [-0.05, 0) is 25.1 Å². The Balaban J connectivity index is 2.70. The quantitative estimate of drug-likeness (QED) is 0.841. The van der Waals surface area contributed by atoms with Crippen LogP contribution in [0.2, 0.25) is 0 Å². The lowest BCUT2D eigenvalue weighted by Crippen LogP contribution is -2.10. The summed E-state index contributed by atoms with van der Waals surface area (Å²) in [5.74, 6) is -2.23. The molecule has 0 unspecified atom stereocenters. The van der Waals surface area contributed by atoms with Crippen molar-refractivity contribution >= 4 is 12.3 Å². The maximum absolute atomic E-state index is 13.5. The van der Waals surface area contributed by atoms with Gasteiger partial charge in [-0.2, -0.15) is 5.10 Å². The van der Waals surface area contributed by atoms with Gasteiger partial charge in [-0.25, -0.2) is 13.9 Å². The summed E-state index contributed by atoms with van der Waals surface area (Å²) >= 11 is 0. The van der Waals surface area contributed by atoms with Crippen LogP contribution >= 0.6 is 0 Å². The Labute approximate surface area is 101 Å². The van der Waals surface area contributed by atoms with Gasteiger partial charge in [0.1, 0.15) is 17.1 Å². The van der Waals surface area contributed by atoms with Crippen LogP contribution in [0.25, 0.3) is 5.69 Å². The second kappa shape index (κ2) is 4.40. The highest BCUT2D eigenvalue weighted by molar-refractivity contribution is 5.92. The van der Waals surface area contributed by atoms with Gasteiger partial charge in [-0.1, -0.05) is 6.07 Å². The van der Waals surface area contributed by atoms with E-state index in [0.717, 1.165) is 6.07 Å². The maximum atomic E-state index is 13.5. The smallest absolute Gasteiger partial charge is 0.340 e. The van der Waals surface area contributed by atoms with E-state index in [-0.39, 0.29) is 11.4 Å². The number of carbonyl (C=O) groups is 2. The standard InChI is InChI=1S/C12H9FN2O3/c1-7-5-8(6-16)14-15(7)10-4-2-3-9(13)11(10)12(17)18/h2-6H,1H3,(H,17,18). The van der Waals surface area contributed by atoms with Gasteiger partial charge in [0.15, 0.2) is 6.29 Å². The van der Waals surface area contributed by atoms with Gasteiger partial charge in [-0.15, -0.1) is 0 Å². The number of nitrogens with zero attached hydrogens (tertiary/aromatic N) is 2. The Kier molecular flexibility index (Phi) is 2.93. The molecule has 6 heteroatoms. The molecule has 1 aromatic heterocycles. The Morgan fingerprint density at radius 1 is 1.50 bits per heavy atom. The lowest BCUT2D eigenvalue weighted by Gasteiger charge is -2.08. The Morgan fingerprint density at radius 2 is 2.22 bits per heavy atom. The SMILES string of the molecule is Cc1cc(C=O)nn1-c1cccc(F)c1C(=O)O. The van der Waals surface area contributed by atoms with Crippen LogP contribution in [0.15, 0.2) is 24.3 Å². The average molecular weight is 248 g/mol. The van der Waals surface area contributed by atoms with Gasteiger partial charge >= 0.3 is 5.97 Å². The molecule has 18 heavy (non-hydrogen) atoms. The van der Waals surface area contributed by atoms with Gasteiger partial charge in [0, 0.05) is 5.69 Å². The molecule has 0 saturated carbocycles. The van der Waals surface area contributed by atoms with Crippen molar-refractivity contribution < 1.29 is 19.1 Å².